The molecular weight excluding hydrogens is 256 g/mol. The molecule has 0 aromatic heterocycles. The molecule has 0 aromatic rings. The molecule has 0 bridgehead atoms. The van der Waals surface area contributed by atoms with Crippen LogP contribution < -0.4 is 5.73 Å². The second kappa shape index (κ2) is 8.47. The van der Waals surface area contributed by atoms with Crippen molar-refractivity contribution >= 4 is 6.09 Å². The highest BCUT2D eigenvalue weighted by Gasteiger charge is 2.26. The van der Waals surface area contributed by atoms with Gasteiger partial charge >= 0.3 is 6.09 Å². The van der Waals surface area contributed by atoms with Crippen LogP contribution in [-0.4, -0.2) is 48.9 Å². The molecule has 0 atom stereocenters. The fourth-order valence-electron chi connectivity index (χ4n) is 2.20. The Hall–Kier alpha value is -0.810. The summed E-state index contributed by atoms with van der Waals surface area (Å²) in [6, 6.07) is 0. The van der Waals surface area contributed by atoms with E-state index in [0.29, 0.717) is 0 Å². The summed E-state index contributed by atoms with van der Waals surface area (Å²) in [4.78, 5) is 13.7. The van der Waals surface area contributed by atoms with Crippen molar-refractivity contribution in [2.24, 2.45) is 5.73 Å². The first-order valence-electron chi connectivity index (χ1n) is 7.72. The number of carbonyl (C=O) groups excluding carboxylic acids is 1. The zero-order valence-corrected chi connectivity index (χ0v) is 13.2. The van der Waals surface area contributed by atoms with Crippen molar-refractivity contribution in [2.45, 2.75) is 64.6 Å². The summed E-state index contributed by atoms with van der Waals surface area (Å²) in [7, 11) is 0. The molecule has 5 nitrogen and oxygen atoms in total. The van der Waals surface area contributed by atoms with Crippen LogP contribution in [0.2, 0.25) is 0 Å². The van der Waals surface area contributed by atoms with Gasteiger partial charge in [-0.15, -0.1) is 0 Å². The SMILES string of the molecule is CC(C)(C)OC(=O)N1CCC(OCCCCCN)CC1. The predicted octanol–water partition coefficient (Wildman–Crippen LogP) is 2.53. The lowest BCUT2D eigenvalue weighted by molar-refractivity contribution is -0.0120. The third kappa shape index (κ3) is 7.10. The molecule has 1 heterocycles. The Balaban J connectivity index is 2.15. The van der Waals surface area contributed by atoms with Gasteiger partial charge in [-0.1, -0.05) is 0 Å². The summed E-state index contributed by atoms with van der Waals surface area (Å²) in [5.41, 5.74) is 5.03. The van der Waals surface area contributed by atoms with E-state index in [4.69, 9.17) is 15.2 Å². The van der Waals surface area contributed by atoms with Crippen LogP contribution in [0.3, 0.4) is 0 Å². The molecule has 0 unspecified atom stereocenters. The zero-order chi connectivity index (χ0) is 15.0. The lowest BCUT2D eigenvalue weighted by Gasteiger charge is -2.33. The summed E-state index contributed by atoms with van der Waals surface area (Å²) in [6.07, 6.45) is 5.15. The number of hydrogen-bond acceptors (Lipinski definition) is 4. The maximum Gasteiger partial charge on any atom is 0.410 e. The van der Waals surface area contributed by atoms with E-state index in [0.717, 1.165) is 58.3 Å². The molecule has 0 spiro atoms. The second-order valence-electron chi connectivity index (χ2n) is 6.39. The number of amides is 1. The van der Waals surface area contributed by atoms with Gasteiger partial charge in [0.05, 0.1) is 6.10 Å². The van der Waals surface area contributed by atoms with Crippen LogP contribution in [0.5, 0.6) is 0 Å². The number of nitrogens with two attached hydrogens (primary N) is 1. The van der Waals surface area contributed by atoms with Crippen molar-refractivity contribution in [3.8, 4) is 0 Å². The summed E-state index contributed by atoms with van der Waals surface area (Å²) in [6.45, 7) is 8.68. The number of unbranched alkanes of at least 4 members (excludes halogenated alkanes) is 2. The molecule has 0 aromatic carbocycles. The highest BCUT2D eigenvalue weighted by molar-refractivity contribution is 5.68. The minimum atomic E-state index is -0.423. The highest BCUT2D eigenvalue weighted by Crippen LogP contribution is 2.17. The molecule has 0 aliphatic carbocycles. The molecule has 2 N–H and O–H groups in total. The minimum absolute atomic E-state index is 0.209. The van der Waals surface area contributed by atoms with Crippen LogP contribution in [0.4, 0.5) is 4.79 Å². The van der Waals surface area contributed by atoms with Crippen LogP contribution in [0.1, 0.15) is 52.9 Å². The van der Waals surface area contributed by atoms with E-state index in [-0.39, 0.29) is 12.2 Å². The van der Waals surface area contributed by atoms with Gasteiger partial charge in [0.1, 0.15) is 5.60 Å². The van der Waals surface area contributed by atoms with E-state index in [1.807, 2.05) is 20.8 Å². The van der Waals surface area contributed by atoms with Crippen LogP contribution in [0, 0.1) is 0 Å². The van der Waals surface area contributed by atoms with E-state index in [1.165, 1.54) is 0 Å². The van der Waals surface area contributed by atoms with Gasteiger partial charge in [-0.25, -0.2) is 4.79 Å². The summed E-state index contributed by atoms with van der Waals surface area (Å²) < 4.78 is 11.2. The van der Waals surface area contributed by atoms with Gasteiger partial charge in [0.15, 0.2) is 0 Å². The molecule has 1 aliphatic heterocycles. The Morgan fingerprint density at radius 1 is 1.20 bits per heavy atom. The van der Waals surface area contributed by atoms with Crippen molar-refractivity contribution in [2.75, 3.05) is 26.2 Å². The molecule has 0 saturated carbocycles. The van der Waals surface area contributed by atoms with E-state index in [2.05, 4.69) is 0 Å². The summed E-state index contributed by atoms with van der Waals surface area (Å²) in [5, 5.41) is 0. The largest absolute Gasteiger partial charge is 0.444 e. The maximum atomic E-state index is 11.9. The second-order valence-corrected chi connectivity index (χ2v) is 6.39. The fraction of sp³-hybridized carbons (Fsp3) is 0.933. The van der Waals surface area contributed by atoms with E-state index >= 15 is 0 Å². The monoisotopic (exact) mass is 286 g/mol. The lowest BCUT2D eigenvalue weighted by atomic mass is 10.1. The Labute approximate surface area is 122 Å². The molecule has 0 radical (unpaired) electrons. The normalized spacial score (nSPS) is 17.3. The Bertz CT molecular complexity index is 281. The van der Waals surface area contributed by atoms with Gasteiger partial charge in [-0.2, -0.15) is 0 Å². The number of nitrogens with zero attached hydrogens (tertiary/aromatic N) is 1. The molecule has 1 aliphatic rings. The third-order valence-corrected chi connectivity index (χ3v) is 3.30. The molecule has 1 fully saturated rings. The number of carbonyl (C=O) groups is 1. The fourth-order valence-corrected chi connectivity index (χ4v) is 2.20. The quantitative estimate of drug-likeness (QED) is 0.762. The predicted molar refractivity (Wildman–Crippen MR) is 79.7 cm³/mol. The standard InChI is InChI=1S/C15H30N2O3/c1-15(2,3)20-14(18)17-10-7-13(8-11-17)19-12-6-4-5-9-16/h13H,4-12,16H2,1-3H3. The van der Waals surface area contributed by atoms with Gasteiger partial charge < -0.3 is 20.1 Å². The van der Waals surface area contributed by atoms with Crippen molar-refractivity contribution in [3.63, 3.8) is 0 Å². The molecule has 20 heavy (non-hydrogen) atoms. The number of likely N-dealkylation sites (tertiary alicyclic amines) is 1. The van der Waals surface area contributed by atoms with Crippen LogP contribution in [0.25, 0.3) is 0 Å². The van der Waals surface area contributed by atoms with Gasteiger partial charge in [-0.05, 0) is 59.4 Å². The van der Waals surface area contributed by atoms with Crippen LogP contribution in [0.15, 0.2) is 0 Å². The lowest BCUT2D eigenvalue weighted by Crippen LogP contribution is -2.43. The number of piperidine rings is 1. The Morgan fingerprint density at radius 3 is 2.40 bits per heavy atom. The molecular formula is C15H30N2O3. The number of ether oxygens (including phenoxy) is 2. The first kappa shape index (κ1) is 17.2. The van der Waals surface area contributed by atoms with Crippen molar-refractivity contribution in [3.05, 3.63) is 0 Å². The van der Waals surface area contributed by atoms with Gasteiger partial charge in [0.2, 0.25) is 0 Å². The van der Waals surface area contributed by atoms with Crippen molar-refractivity contribution in [1.29, 1.82) is 0 Å². The van der Waals surface area contributed by atoms with Gasteiger partial charge in [-0.3, -0.25) is 0 Å². The van der Waals surface area contributed by atoms with E-state index < -0.39 is 5.60 Å². The molecule has 1 rings (SSSR count). The molecule has 1 amide bonds. The smallest absolute Gasteiger partial charge is 0.410 e. The average molecular weight is 286 g/mol. The molecule has 5 heteroatoms. The summed E-state index contributed by atoms with van der Waals surface area (Å²) in [5.74, 6) is 0. The van der Waals surface area contributed by atoms with Gasteiger partial charge in [0, 0.05) is 19.7 Å². The van der Waals surface area contributed by atoms with Crippen molar-refractivity contribution in [1.82, 2.24) is 4.90 Å². The van der Waals surface area contributed by atoms with E-state index in [1.54, 1.807) is 4.90 Å². The summed E-state index contributed by atoms with van der Waals surface area (Å²) >= 11 is 0. The number of hydrogen-bond donors (Lipinski definition) is 1. The topological polar surface area (TPSA) is 64.8 Å². The van der Waals surface area contributed by atoms with Gasteiger partial charge in [0.25, 0.3) is 0 Å². The molecule has 1 saturated heterocycles. The third-order valence-electron chi connectivity index (χ3n) is 3.30. The highest BCUT2D eigenvalue weighted by atomic mass is 16.6. The van der Waals surface area contributed by atoms with Crippen LogP contribution in [-0.2, 0) is 9.47 Å². The Morgan fingerprint density at radius 2 is 1.85 bits per heavy atom. The van der Waals surface area contributed by atoms with Crippen molar-refractivity contribution < 1.29 is 14.3 Å². The maximum absolute atomic E-state index is 11.9. The first-order chi connectivity index (χ1) is 9.42. The minimum Gasteiger partial charge on any atom is -0.444 e. The van der Waals surface area contributed by atoms with Crippen LogP contribution >= 0.6 is 0 Å². The van der Waals surface area contributed by atoms with E-state index in [9.17, 15) is 4.79 Å². The number of rotatable bonds is 6. The Kier molecular flexibility index (Phi) is 7.30. The average Bonchev–Trinajstić information content (AvgIpc) is 2.37. The molecule has 118 valence electrons. The zero-order valence-electron chi connectivity index (χ0n) is 13.2. The first-order valence-corrected chi connectivity index (χ1v) is 7.72.